The van der Waals surface area contributed by atoms with E-state index in [1.54, 1.807) is 12.1 Å². The van der Waals surface area contributed by atoms with E-state index in [1.807, 2.05) is 0 Å². The number of benzene rings is 1. The van der Waals surface area contributed by atoms with E-state index in [-0.39, 0.29) is 24.1 Å². The van der Waals surface area contributed by atoms with Crippen molar-refractivity contribution in [3.05, 3.63) is 30.1 Å². The highest BCUT2D eigenvalue weighted by atomic mass is 35.5. The first kappa shape index (κ1) is 17.7. The zero-order chi connectivity index (χ0) is 14.2. The Morgan fingerprint density at radius 3 is 3.05 bits per heavy atom. The van der Waals surface area contributed by atoms with Crippen LogP contribution in [-0.2, 0) is 4.79 Å². The van der Waals surface area contributed by atoms with Gasteiger partial charge in [-0.25, -0.2) is 4.39 Å². The van der Waals surface area contributed by atoms with E-state index in [2.05, 4.69) is 10.6 Å². The summed E-state index contributed by atoms with van der Waals surface area (Å²) < 4.78 is 18.2. The lowest BCUT2D eigenvalue weighted by molar-refractivity contribution is -0.121. The first-order chi connectivity index (χ1) is 9.74. The maximum absolute atomic E-state index is 12.9. The summed E-state index contributed by atoms with van der Waals surface area (Å²) in [5, 5.41) is 6.10. The van der Waals surface area contributed by atoms with Gasteiger partial charge in [0.15, 0.2) is 0 Å². The minimum atomic E-state index is -0.322. The Kier molecular flexibility index (Phi) is 8.08. The van der Waals surface area contributed by atoms with E-state index in [9.17, 15) is 9.18 Å². The molecule has 0 spiro atoms. The number of rotatable bonds is 7. The number of hydrogen-bond donors (Lipinski definition) is 2. The Labute approximate surface area is 130 Å². The second kappa shape index (κ2) is 9.58. The minimum Gasteiger partial charge on any atom is -0.492 e. The molecular weight excluding hydrogens is 295 g/mol. The van der Waals surface area contributed by atoms with Gasteiger partial charge in [0, 0.05) is 12.5 Å². The molecule has 0 aromatic heterocycles. The van der Waals surface area contributed by atoms with Gasteiger partial charge in [-0.2, -0.15) is 0 Å². The fourth-order valence-corrected chi connectivity index (χ4v) is 2.30. The van der Waals surface area contributed by atoms with Crippen LogP contribution >= 0.6 is 12.4 Å². The standard InChI is InChI=1S/C15H21FN2O2.ClH/c16-13-2-1-3-14(10-13)20-9-8-18-15(19)5-4-12-6-7-17-11-12;/h1-3,10,12,17H,4-9,11H2,(H,18,19);1H. The number of nitrogens with one attached hydrogen (secondary N) is 2. The maximum Gasteiger partial charge on any atom is 0.220 e. The van der Waals surface area contributed by atoms with Gasteiger partial charge < -0.3 is 15.4 Å². The highest BCUT2D eigenvalue weighted by molar-refractivity contribution is 5.85. The summed E-state index contributed by atoms with van der Waals surface area (Å²) in [5.41, 5.74) is 0. The lowest BCUT2D eigenvalue weighted by atomic mass is 10.0. The van der Waals surface area contributed by atoms with Crippen LogP contribution in [-0.4, -0.2) is 32.1 Å². The lowest BCUT2D eigenvalue weighted by Gasteiger charge is -2.09. The maximum atomic E-state index is 12.9. The van der Waals surface area contributed by atoms with E-state index in [4.69, 9.17) is 4.74 Å². The van der Waals surface area contributed by atoms with Crippen LogP contribution in [0.2, 0.25) is 0 Å². The molecule has 1 aliphatic heterocycles. The van der Waals surface area contributed by atoms with Crippen LogP contribution in [0.1, 0.15) is 19.3 Å². The van der Waals surface area contributed by atoms with Crippen LogP contribution in [0, 0.1) is 11.7 Å². The first-order valence-electron chi connectivity index (χ1n) is 7.10. The monoisotopic (exact) mass is 316 g/mol. The molecule has 1 fully saturated rings. The van der Waals surface area contributed by atoms with Crippen molar-refractivity contribution in [3.63, 3.8) is 0 Å². The molecule has 1 heterocycles. The zero-order valence-electron chi connectivity index (χ0n) is 11.9. The summed E-state index contributed by atoms with van der Waals surface area (Å²) in [7, 11) is 0. The van der Waals surface area contributed by atoms with Crippen molar-refractivity contribution < 1.29 is 13.9 Å². The molecule has 1 amide bonds. The zero-order valence-corrected chi connectivity index (χ0v) is 12.8. The smallest absolute Gasteiger partial charge is 0.220 e. The van der Waals surface area contributed by atoms with Gasteiger partial charge in [0.25, 0.3) is 0 Å². The Hall–Kier alpha value is -1.33. The fourth-order valence-electron chi connectivity index (χ4n) is 2.30. The third-order valence-corrected chi connectivity index (χ3v) is 3.43. The Morgan fingerprint density at radius 2 is 2.33 bits per heavy atom. The molecule has 1 unspecified atom stereocenters. The largest absolute Gasteiger partial charge is 0.492 e. The minimum absolute atomic E-state index is 0. The molecular formula is C15H22ClFN2O2. The highest BCUT2D eigenvalue weighted by Gasteiger charge is 2.15. The van der Waals surface area contributed by atoms with Crippen molar-refractivity contribution in [3.8, 4) is 5.75 Å². The summed E-state index contributed by atoms with van der Waals surface area (Å²) in [6, 6.07) is 5.98. The van der Waals surface area contributed by atoms with E-state index in [0.717, 1.165) is 25.9 Å². The molecule has 1 atom stereocenters. The van der Waals surface area contributed by atoms with E-state index in [1.165, 1.54) is 12.1 Å². The van der Waals surface area contributed by atoms with Gasteiger partial charge in [-0.1, -0.05) is 6.07 Å². The summed E-state index contributed by atoms with van der Waals surface area (Å²) in [6.07, 6.45) is 2.66. The van der Waals surface area contributed by atoms with Crippen LogP contribution in [0.25, 0.3) is 0 Å². The summed E-state index contributed by atoms with van der Waals surface area (Å²) in [5.74, 6) is 0.844. The molecule has 1 aromatic rings. The Morgan fingerprint density at radius 1 is 1.48 bits per heavy atom. The average Bonchev–Trinajstić information content (AvgIpc) is 2.95. The normalized spacial score (nSPS) is 17.1. The van der Waals surface area contributed by atoms with Crippen molar-refractivity contribution in [2.24, 2.45) is 5.92 Å². The molecule has 1 aromatic carbocycles. The van der Waals surface area contributed by atoms with Crippen molar-refractivity contribution in [2.45, 2.75) is 19.3 Å². The lowest BCUT2D eigenvalue weighted by Crippen LogP contribution is -2.28. The molecule has 118 valence electrons. The van der Waals surface area contributed by atoms with Gasteiger partial charge in [0.2, 0.25) is 5.91 Å². The van der Waals surface area contributed by atoms with Gasteiger partial charge in [0.05, 0.1) is 6.54 Å². The van der Waals surface area contributed by atoms with Gasteiger partial charge in [0.1, 0.15) is 18.2 Å². The van der Waals surface area contributed by atoms with Gasteiger partial charge in [-0.05, 0) is 44.0 Å². The Balaban J connectivity index is 0.00000220. The molecule has 0 radical (unpaired) electrons. The van der Waals surface area contributed by atoms with Crippen molar-refractivity contribution in [2.75, 3.05) is 26.2 Å². The molecule has 1 aliphatic rings. The fraction of sp³-hybridized carbons (Fsp3) is 0.533. The molecule has 1 saturated heterocycles. The summed E-state index contributed by atoms with van der Waals surface area (Å²) in [4.78, 5) is 11.6. The second-order valence-corrected chi connectivity index (χ2v) is 5.05. The van der Waals surface area contributed by atoms with Crippen LogP contribution in [0.4, 0.5) is 4.39 Å². The SMILES string of the molecule is Cl.O=C(CCC1CCNC1)NCCOc1cccc(F)c1. The molecule has 2 N–H and O–H groups in total. The molecule has 21 heavy (non-hydrogen) atoms. The van der Waals surface area contributed by atoms with Crippen LogP contribution in [0.15, 0.2) is 24.3 Å². The van der Waals surface area contributed by atoms with E-state index < -0.39 is 0 Å². The van der Waals surface area contributed by atoms with E-state index in [0.29, 0.717) is 31.2 Å². The van der Waals surface area contributed by atoms with Crippen molar-refractivity contribution in [1.29, 1.82) is 0 Å². The Bertz CT molecular complexity index is 439. The highest BCUT2D eigenvalue weighted by Crippen LogP contribution is 2.14. The topological polar surface area (TPSA) is 50.4 Å². The number of amides is 1. The molecule has 0 bridgehead atoms. The first-order valence-corrected chi connectivity index (χ1v) is 7.10. The van der Waals surface area contributed by atoms with E-state index >= 15 is 0 Å². The van der Waals surface area contributed by atoms with Crippen LogP contribution in [0.3, 0.4) is 0 Å². The molecule has 2 rings (SSSR count). The number of carbonyl (C=O) groups excluding carboxylic acids is 1. The number of hydrogen-bond acceptors (Lipinski definition) is 3. The summed E-state index contributed by atoms with van der Waals surface area (Å²) in [6.45, 7) is 2.88. The quantitative estimate of drug-likeness (QED) is 0.758. The molecule has 0 saturated carbocycles. The molecule has 4 nitrogen and oxygen atoms in total. The van der Waals surface area contributed by atoms with Gasteiger partial charge in [-0.15, -0.1) is 12.4 Å². The number of carbonyl (C=O) groups is 1. The second-order valence-electron chi connectivity index (χ2n) is 5.05. The van der Waals surface area contributed by atoms with Crippen molar-refractivity contribution >= 4 is 18.3 Å². The van der Waals surface area contributed by atoms with Gasteiger partial charge in [-0.3, -0.25) is 4.79 Å². The third-order valence-electron chi connectivity index (χ3n) is 3.43. The third kappa shape index (κ3) is 6.78. The van der Waals surface area contributed by atoms with Crippen LogP contribution in [0.5, 0.6) is 5.75 Å². The predicted molar refractivity (Wildman–Crippen MR) is 82.4 cm³/mol. The van der Waals surface area contributed by atoms with Crippen molar-refractivity contribution in [1.82, 2.24) is 10.6 Å². The predicted octanol–water partition coefficient (Wildman–Crippen LogP) is 2.13. The number of ether oxygens (including phenoxy) is 1. The average molecular weight is 317 g/mol. The summed E-state index contributed by atoms with van der Waals surface area (Å²) >= 11 is 0. The molecule has 6 heteroatoms. The number of halogens is 2. The van der Waals surface area contributed by atoms with Gasteiger partial charge >= 0.3 is 0 Å². The molecule has 0 aliphatic carbocycles. The van der Waals surface area contributed by atoms with Crippen LogP contribution < -0.4 is 15.4 Å².